The van der Waals surface area contributed by atoms with Gasteiger partial charge in [0.1, 0.15) is 0 Å². The molecule has 0 aliphatic carbocycles. The molecule has 0 atom stereocenters. The van der Waals surface area contributed by atoms with Crippen molar-refractivity contribution < 1.29 is 4.79 Å². The molecule has 0 radical (unpaired) electrons. The fraction of sp³-hybridized carbons (Fsp3) is 0.692. The molecule has 0 fully saturated rings. The van der Waals surface area contributed by atoms with Crippen LogP contribution >= 0.6 is 0 Å². The van der Waals surface area contributed by atoms with Gasteiger partial charge < -0.3 is 5.32 Å². The second-order valence-electron chi connectivity index (χ2n) is 8.93. The van der Waals surface area contributed by atoms with Gasteiger partial charge in [0.15, 0.2) is 0 Å². The van der Waals surface area contributed by atoms with Gasteiger partial charge in [0, 0.05) is 17.7 Å². The first-order chi connectivity index (χ1) is 15.7. The number of hydrogen-bond donors (Lipinski definition) is 1. The molecule has 0 saturated carbocycles. The Morgan fingerprint density at radius 1 is 0.781 bits per heavy atom. The van der Waals surface area contributed by atoms with E-state index in [9.17, 15) is 4.79 Å². The van der Waals surface area contributed by atoms with Crippen LogP contribution in [0.25, 0.3) is 11.4 Å². The molecular weight excluding hydrogens is 398 g/mol. The predicted octanol–water partition coefficient (Wildman–Crippen LogP) is 7.08. The van der Waals surface area contributed by atoms with E-state index < -0.39 is 0 Å². The molecule has 6 nitrogen and oxygen atoms in total. The number of carbonyl (C=O) groups excluding carboxylic acids is 1. The van der Waals surface area contributed by atoms with Crippen LogP contribution < -0.4 is 5.32 Å². The number of unbranched alkanes of at least 4 members (excludes halogenated alkanes) is 14. The van der Waals surface area contributed by atoms with Crippen LogP contribution in [0.15, 0.2) is 24.3 Å². The largest absolute Gasteiger partial charge is 0.326 e. The second kappa shape index (κ2) is 16.4. The first kappa shape index (κ1) is 26.0. The quantitative estimate of drug-likeness (QED) is 0.251. The van der Waals surface area contributed by atoms with Crippen LogP contribution in [0.3, 0.4) is 0 Å². The van der Waals surface area contributed by atoms with Gasteiger partial charge in [0.2, 0.25) is 11.7 Å². The molecule has 1 aromatic carbocycles. The van der Waals surface area contributed by atoms with E-state index in [0.29, 0.717) is 12.2 Å². The van der Waals surface area contributed by atoms with Crippen molar-refractivity contribution in [1.82, 2.24) is 20.2 Å². The lowest BCUT2D eigenvalue weighted by Gasteiger charge is -2.06. The highest BCUT2D eigenvalue weighted by Gasteiger charge is 2.06. The molecule has 0 aliphatic rings. The van der Waals surface area contributed by atoms with Gasteiger partial charge >= 0.3 is 0 Å². The molecule has 0 bridgehead atoms. The zero-order valence-corrected chi connectivity index (χ0v) is 20.3. The van der Waals surface area contributed by atoms with Gasteiger partial charge in [-0.3, -0.25) is 4.79 Å². The lowest BCUT2D eigenvalue weighted by atomic mass is 10.0. The maximum Gasteiger partial charge on any atom is 0.224 e. The minimum absolute atomic E-state index is 0.0880. The van der Waals surface area contributed by atoms with Crippen LogP contribution in [0.5, 0.6) is 0 Å². The fourth-order valence-electron chi connectivity index (χ4n) is 3.98. The molecule has 178 valence electrons. The molecule has 2 aromatic rings. The van der Waals surface area contributed by atoms with Gasteiger partial charge in [0.25, 0.3) is 0 Å². The molecule has 1 amide bonds. The first-order valence-electron chi connectivity index (χ1n) is 12.8. The Bertz CT molecular complexity index is 741. The van der Waals surface area contributed by atoms with Crippen molar-refractivity contribution in [1.29, 1.82) is 0 Å². The number of carbonyl (C=O) groups is 1. The van der Waals surface area contributed by atoms with Crippen molar-refractivity contribution in [2.45, 2.75) is 110 Å². The first-order valence-corrected chi connectivity index (χ1v) is 12.8. The van der Waals surface area contributed by atoms with Gasteiger partial charge in [0.05, 0.1) is 7.05 Å². The molecule has 0 spiro atoms. The van der Waals surface area contributed by atoms with Gasteiger partial charge in [-0.15, -0.1) is 10.2 Å². The maximum absolute atomic E-state index is 12.2. The average Bonchev–Trinajstić information content (AvgIpc) is 3.23. The summed E-state index contributed by atoms with van der Waals surface area (Å²) in [4.78, 5) is 13.6. The topological polar surface area (TPSA) is 72.7 Å². The van der Waals surface area contributed by atoms with Crippen molar-refractivity contribution in [3.8, 4) is 11.4 Å². The number of amides is 1. The van der Waals surface area contributed by atoms with Crippen molar-refractivity contribution in [2.24, 2.45) is 7.05 Å². The fourth-order valence-corrected chi connectivity index (χ4v) is 3.98. The Labute approximate surface area is 194 Å². The van der Waals surface area contributed by atoms with Crippen LogP contribution in [-0.4, -0.2) is 26.1 Å². The smallest absolute Gasteiger partial charge is 0.224 e. The predicted molar refractivity (Wildman–Crippen MR) is 132 cm³/mol. The summed E-state index contributed by atoms with van der Waals surface area (Å²) in [6, 6.07) is 7.58. The third-order valence-corrected chi connectivity index (χ3v) is 5.94. The van der Waals surface area contributed by atoms with Gasteiger partial charge in [-0.2, -0.15) is 4.80 Å². The third kappa shape index (κ3) is 11.4. The van der Waals surface area contributed by atoms with E-state index in [0.717, 1.165) is 24.1 Å². The van der Waals surface area contributed by atoms with E-state index in [4.69, 9.17) is 0 Å². The standard InChI is InChI=1S/C26H43N5O/c1-3-4-5-6-7-8-9-10-11-12-13-14-15-16-17-18-25(32)27-24-21-19-23(20-22-24)26-28-30-31(2)29-26/h19-22H,3-18H2,1-2H3,(H,27,32). The summed E-state index contributed by atoms with van der Waals surface area (Å²) in [5.41, 5.74) is 1.70. The minimum atomic E-state index is 0.0880. The monoisotopic (exact) mass is 441 g/mol. The number of nitrogens with one attached hydrogen (secondary N) is 1. The Hall–Kier alpha value is -2.24. The highest BCUT2D eigenvalue weighted by molar-refractivity contribution is 5.90. The highest BCUT2D eigenvalue weighted by atomic mass is 16.1. The van der Waals surface area contributed by atoms with Crippen LogP contribution in [0.4, 0.5) is 5.69 Å². The van der Waals surface area contributed by atoms with Crippen molar-refractivity contribution in [2.75, 3.05) is 5.32 Å². The SMILES string of the molecule is CCCCCCCCCCCCCCCCCC(=O)Nc1ccc(-c2nnn(C)n2)cc1. The number of tetrazole rings is 1. The van der Waals surface area contributed by atoms with Crippen LogP contribution in [-0.2, 0) is 11.8 Å². The number of benzene rings is 1. The molecule has 1 heterocycles. The summed E-state index contributed by atoms with van der Waals surface area (Å²) < 4.78 is 0. The molecule has 32 heavy (non-hydrogen) atoms. The van der Waals surface area contributed by atoms with E-state index in [2.05, 4.69) is 27.7 Å². The molecular formula is C26H43N5O. The summed E-state index contributed by atoms with van der Waals surface area (Å²) in [6.07, 6.45) is 20.6. The van der Waals surface area contributed by atoms with E-state index in [-0.39, 0.29) is 5.91 Å². The molecule has 2 rings (SSSR count). The zero-order chi connectivity index (χ0) is 22.9. The lowest BCUT2D eigenvalue weighted by molar-refractivity contribution is -0.116. The van der Waals surface area contributed by atoms with Gasteiger partial charge in [-0.25, -0.2) is 0 Å². The Morgan fingerprint density at radius 3 is 1.75 bits per heavy atom. The van der Waals surface area contributed by atoms with Gasteiger partial charge in [-0.1, -0.05) is 96.8 Å². The number of anilines is 1. The van der Waals surface area contributed by atoms with Crippen molar-refractivity contribution in [3.63, 3.8) is 0 Å². The Balaban J connectivity index is 1.41. The number of aromatic nitrogens is 4. The number of nitrogens with zero attached hydrogens (tertiary/aromatic N) is 4. The summed E-state index contributed by atoms with van der Waals surface area (Å²) in [5.74, 6) is 0.674. The average molecular weight is 442 g/mol. The van der Waals surface area contributed by atoms with Crippen molar-refractivity contribution in [3.05, 3.63) is 24.3 Å². The molecule has 0 aliphatic heterocycles. The Kier molecular flexibility index (Phi) is 13.3. The Morgan fingerprint density at radius 2 is 1.28 bits per heavy atom. The highest BCUT2D eigenvalue weighted by Crippen LogP contribution is 2.18. The summed E-state index contributed by atoms with van der Waals surface area (Å²) >= 11 is 0. The summed E-state index contributed by atoms with van der Waals surface area (Å²) in [5, 5.41) is 15.0. The molecule has 6 heteroatoms. The lowest BCUT2D eigenvalue weighted by Crippen LogP contribution is -2.10. The second-order valence-corrected chi connectivity index (χ2v) is 8.93. The third-order valence-electron chi connectivity index (χ3n) is 5.94. The maximum atomic E-state index is 12.2. The zero-order valence-electron chi connectivity index (χ0n) is 20.3. The van der Waals surface area contributed by atoms with E-state index >= 15 is 0 Å². The van der Waals surface area contributed by atoms with Crippen LogP contribution in [0.2, 0.25) is 0 Å². The number of rotatable bonds is 18. The van der Waals surface area contributed by atoms with E-state index in [1.165, 1.54) is 88.3 Å². The summed E-state index contributed by atoms with van der Waals surface area (Å²) in [7, 11) is 1.74. The van der Waals surface area contributed by atoms with Gasteiger partial charge in [-0.05, 0) is 35.9 Å². The number of aryl methyl sites for hydroxylation is 1. The van der Waals surface area contributed by atoms with Crippen LogP contribution in [0.1, 0.15) is 110 Å². The molecule has 0 saturated heterocycles. The minimum Gasteiger partial charge on any atom is -0.326 e. The number of hydrogen-bond acceptors (Lipinski definition) is 4. The van der Waals surface area contributed by atoms with Crippen LogP contribution in [0, 0.1) is 0 Å². The van der Waals surface area contributed by atoms with E-state index in [1.807, 2.05) is 24.3 Å². The molecule has 1 aromatic heterocycles. The normalized spacial score (nSPS) is 11.1. The van der Waals surface area contributed by atoms with E-state index in [1.54, 1.807) is 7.05 Å². The molecule has 0 unspecified atom stereocenters. The molecule has 1 N–H and O–H groups in total. The van der Waals surface area contributed by atoms with Crippen molar-refractivity contribution >= 4 is 11.6 Å². The summed E-state index contributed by atoms with van der Waals surface area (Å²) in [6.45, 7) is 2.28.